The molecule has 0 radical (unpaired) electrons. The second-order valence-electron chi connectivity index (χ2n) is 9.32. The molecule has 2 aromatic rings. The number of aromatic nitrogens is 1. The van der Waals surface area contributed by atoms with Crippen LogP contribution in [0.2, 0.25) is 0 Å². The Kier molecular flexibility index (Phi) is 8.28. The van der Waals surface area contributed by atoms with Crippen molar-refractivity contribution in [1.82, 2.24) is 15.2 Å². The maximum absolute atomic E-state index is 13.3. The summed E-state index contributed by atoms with van der Waals surface area (Å²) in [7, 11) is -3.81. The van der Waals surface area contributed by atoms with Crippen molar-refractivity contribution < 1.29 is 13.2 Å². The zero-order valence-corrected chi connectivity index (χ0v) is 21.6. The summed E-state index contributed by atoms with van der Waals surface area (Å²) in [6.45, 7) is 8.11. The average Bonchev–Trinajstić information content (AvgIpc) is 2.90. The number of amides is 1. The van der Waals surface area contributed by atoms with Crippen molar-refractivity contribution in [2.24, 2.45) is 0 Å². The van der Waals surface area contributed by atoms with Gasteiger partial charge in [-0.3, -0.25) is 9.52 Å². The van der Waals surface area contributed by atoms with Crippen LogP contribution in [0.15, 0.2) is 41.4 Å². The minimum absolute atomic E-state index is 0.145. The fourth-order valence-corrected chi connectivity index (χ4v) is 6.08. The van der Waals surface area contributed by atoms with Gasteiger partial charge in [-0.25, -0.2) is 13.4 Å². The summed E-state index contributed by atoms with van der Waals surface area (Å²) in [5, 5.41) is 3.31. The number of nitrogens with one attached hydrogen (secondary N) is 2. The van der Waals surface area contributed by atoms with Crippen LogP contribution in [0.1, 0.15) is 67.8 Å². The molecule has 0 spiro atoms. The number of anilines is 2. The highest BCUT2D eigenvalue weighted by Crippen LogP contribution is 2.33. The second-order valence-corrected chi connectivity index (χ2v) is 11.0. The number of pyridine rings is 1. The maximum Gasteiger partial charge on any atom is 0.261 e. The Morgan fingerprint density at radius 3 is 2.37 bits per heavy atom. The van der Waals surface area contributed by atoms with Crippen LogP contribution in [0.4, 0.5) is 11.5 Å². The molecule has 8 nitrogen and oxygen atoms in total. The van der Waals surface area contributed by atoms with Gasteiger partial charge in [0.15, 0.2) is 0 Å². The number of piperazine rings is 1. The molecule has 0 atom stereocenters. The summed E-state index contributed by atoms with van der Waals surface area (Å²) in [6.07, 6.45) is 7.59. The number of nitrogens with zero attached hydrogens (tertiary/aromatic N) is 3. The minimum Gasteiger partial charge on any atom is -0.353 e. The third-order valence-corrected chi connectivity index (χ3v) is 8.48. The smallest absolute Gasteiger partial charge is 0.261 e. The Morgan fingerprint density at radius 1 is 1.09 bits per heavy atom. The minimum atomic E-state index is -3.81. The van der Waals surface area contributed by atoms with E-state index in [1.807, 2.05) is 26.0 Å². The molecule has 1 aromatic heterocycles. The average molecular weight is 500 g/mol. The molecule has 2 aliphatic rings. The van der Waals surface area contributed by atoms with E-state index >= 15 is 0 Å². The third kappa shape index (κ3) is 5.95. The Balaban J connectivity index is 1.58. The molecule has 1 aromatic carbocycles. The number of benzene rings is 1. The summed E-state index contributed by atoms with van der Waals surface area (Å²) in [5.74, 6) is 0.973. The van der Waals surface area contributed by atoms with Crippen molar-refractivity contribution in [3.05, 3.63) is 47.7 Å². The van der Waals surface area contributed by atoms with Gasteiger partial charge in [-0.15, -0.1) is 0 Å². The number of rotatable bonds is 8. The topological polar surface area (TPSA) is 94.6 Å². The number of sulfonamides is 1. The summed E-state index contributed by atoms with van der Waals surface area (Å²) < 4.78 is 28.9. The van der Waals surface area contributed by atoms with Crippen LogP contribution >= 0.6 is 0 Å². The van der Waals surface area contributed by atoms with Gasteiger partial charge < -0.3 is 15.1 Å². The highest BCUT2D eigenvalue weighted by atomic mass is 32.2. The van der Waals surface area contributed by atoms with Crippen LogP contribution in [0.5, 0.6) is 0 Å². The van der Waals surface area contributed by atoms with Gasteiger partial charge >= 0.3 is 0 Å². The summed E-state index contributed by atoms with van der Waals surface area (Å²) in [4.78, 5) is 21.9. The molecular formula is C26H37N5O3S. The second kappa shape index (κ2) is 11.4. The fraction of sp³-hybridized carbons (Fsp3) is 0.538. The molecule has 1 saturated heterocycles. The molecule has 2 heterocycles. The predicted octanol–water partition coefficient (Wildman–Crippen LogP) is 3.82. The largest absolute Gasteiger partial charge is 0.353 e. The summed E-state index contributed by atoms with van der Waals surface area (Å²) in [6, 6.07) is 8.85. The summed E-state index contributed by atoms with van der Waals surface area (Å²) in [5.41, 5.74) is 1.91. The Morgan fingerprint density at radius 2 is 1.74 bits per heavy atom. The van der Waals surface area contributed by atoms with Gasteiger partial charge in [0, 0.05) is 39.3 Å². The van der Waals surface area contributed by atoms with Crippen molar-refractivity contribution >= 4 is 27.4 Å². The van der Waals surface area contributed by atoms with Crippen molar-refractivity contribution in [3.63, 3.8) is 0 Å². The summed E-state index contributed by atoms with van der Waals surface area (Å²) >= 11 is 0. The molecule has 1 amide bonds. The van der Waals surface area contributed by atoms with Crippen molar-refractivity contribution in [1.29, 1.82) is 0 Å². The molecule has 0 bridgehead atoms. The first-order chi connectivity index (χ1) is 16.9. The van der Waals surface area contributed by atoms with E-state index in [4.69, 9.17) is 0 Å². The van der Waals surface area contributed by atoms with Crippen LogP contribution in [0.3, 0.4) is 0 Å². The lowest BCUT2D eigenvalue weighted by Gasteiger charge is -2.31. The molecular weight excluding hydrogens is 462 g/mol. The molecule has 2 N–H and O–H groups in total. The Hall–Kier alpha value is -2.65. The number of hydrogen-bond acceptors (Lipinski definition) is 6. The van der Waals surface area contributed by atoms with E-state index in [1.165, 1.54) is 43.9 Å². The zero-order valence-electron chi connectivity index (χ0n) is 20.8. The van der Waals surface area contributed by atoms with Crippen LogP contribution < -0.4 is 14.9 Å². The van der Waals surface area contributed by atoms with E-state index in [-0.39, 0.29) is 16.5 Å². The maximum atomic E-state index is 13.3. The van der Waals surface area contributed by atoms with Gasteiger partial charge in [-0.05, 0) is 56.4 Å². The predicted molar refractivity (Wildman–Crippen MR) is 140 cm³/mol. The van der Waals surface area contributed by atoms with Crippen molar-refractivity contribution in [2.75, 3.05) is 48.9 Å². The standard InChI is InChI=1S/C26H37N5O3S/c1-3-30(4-2)26(32)24-18-22(19-28-25(24)31-16-14-27-15-17-31)29-35(33,34)23-12-10-21(11-13-23)20-8-6-5-7-9-20/h10-13,18-20,27,29H,3-9,14-17H2,1-2H3. The van der Waals surface area contributed by atoms with Crippen molar-refractivity contribution in [2.45, 2.75) is 56.8 Å². The molecule has 0 unspecified atom stereocenters. The third-order valence-electron chi connectivity index (χ3n) is 7.08. The van der Waals surface area contributed by atoms with Crippen LogP contribution in [-0.4, -0.2) is 63.5 Å². The number of carbonyl (C=O) groups is 1. The number of hydrogen-bond donors (Lipinski definition) is 2. The highest BCUT2D eigenvalue weighted by molar-refractivity contribution is 7.92. The zero-order chi connectivity index (χ0) is 24.8. The lowest BCUT2D eigenvalue weighted by atomic mass is 9.84. The number of carbonyl (C=O) groups excluding carboxylic acids is 1. The van der Waals surface area contributed by atoms with E-state index in [1.54, 1.807) is 23.1 Å². The van der Waals surface area contributed by atoms with E-state index in [9.17, 15) is 13.2 Å². The monoisotopic (exact) mass is 499 g/mol. The fourth-order valence-electron chi connectivity index (χ4n) is 5.05. The highest BCUT2D eigenvalue weighted by Gasteiger charge is 2.25. The molecule has 9 heteroatoms. The van der Waals surface area contributed by atoms with Gasteiger partial charge in [0.2, 0.25) is 0 Å². The molecule has 190 valence electrons. The first kappa shape index (κ1) is 25.4. The van der Waals surface area contributed by atoms with E-state index in [0.717, 1.165) is 26.2 Å². The molecule has 2 fully saturated rings. The lowest BCUT2D eigenvalue weighted by Crippen LogP contribution is -2.45. The lowest BCUT2D eigenvalue weighted by molar-refractivity contribution is 0.0773. The first-order valence-electron chi connectivity index (χ1n) is 12.8. The van der Waals surface area contributed by atoms with Gasteiger partial charge in [-0.2, -0.15) is 0 Å². The molecule has 4 rings (SSSR count). The van der Waals surface area contributed by atoms with E-state index in [2.05, 4.69) is 19.9 Å². The molecule has 1 aliphatic heterocycles. The van der Waals surface area contributed by atoms with Crippen LogP contribution in [0, 0.1) is 0 Å². The normalized spacial score (nSPS) is 17.3. The van der Waals surface area contributed by atoms with Gasteiger partial charge in [0.05, 0.1) is 22.3 Å². The van der Waals surface area contributed by atoms with Crippen LogP contribution in [0.25, 0.3) is 0 Å². The SMILES string of the molecule is CCN(CC)C(=O)c1cc(NS(=O)(=O)c2ccc(C3CCCCC3)cc2)cnc1N1CCNCC1. The van der Waals surface area contributed by atoms with E-state index in [0.29, 0.717) is 30.4 Å². The Bertz CT molecular complexity index is 1100. The molecule has 1 saturated carbocycles. The van der Waals surface area contributed by atoms with Gasteiger partial charge in [0.1, 0.15) is 5.82 Å². The quantitative estimate of drug-likeness (QED) is 0.573. The first-order valence-corrected chi connectivity index (χ1v) is 14.3. The molecule has 35 heavy (non-hydrogen) atoms. The van der Waals surface area contributed by atoms with Crippen molar-refractivity contribution in [3.8, 4) is 0 Å². The van der Waals surface area contributed by atoms with Crippen LogP contribution in [-0.2, 0) is 10.0 Å². The molecule has 1 aliphatic carbocycles. The van der Waals surface area contributed by atoms with Gasteiger partial charge in [-0.1, -0.05) is 31.4 Å². The van der Waals surface area contributed by atoms with Gasteiger partial charge in [0.25, 0.3) is 15.9 Å². The Labute approximate surface area is 209 Å². The van der Waals surface area contributed by atoms with E-state index < -0.39 is 10.0 Å².